The van der Waals surface area contributed by atoms with E-state index < -0.39 is 0 Å². The van der Waals surface area contributed by atoms with Crippen molar-refractivity contribution in [2.45, 2.75) is 25.8 Å². The zero-order chi connectivity index (χ0) is 13.7. The predicted octanol–water partition coefficient (Wildman–Crippen LogP) is 1.87. The van der Waals surface area contributed by atoms with Crippen LogP contribution in [0.4, 0.5) is 0 Å². The first kappa shape index (κ1) is 13.9. The number of methoxy groups -OCH3 is 1. The average Bonchev–Trinajstić information content (AvgIpc) is 3.26. The molecule has 2 N–H and O–H groups in total. The molecule has 1 atom stereocenters. The number of rotatable bonds is 7. The summed E-state index contributed by atoms with van der Waals surface area (Å²) in [4.78, 5) is 11.7. The molecule has 1 fully saturated rings. The van der Waals surface area contributed by atoms with Gasteiger partial charge in [0.15, 0.2) is 0 Å². The van der Waals surface area contributed by atoms with Gasteiger partial charge in [0.25, 0.3) is 0 Å². The van der Waals surface area contributed by atoms with Gasteiger partial charge in [-0.25, -0.2) is 0 Å². The van der Waals surface area contributed by atoms with Gasteiger partial charge in [-0.3, -0.25) is 4.79 Å². The van der Waals surface area contributed by atoms with Crippen LogP contribution in [-0.2, 0) is 4.79 Å². The fraction of sp³-hybridized carbons (Fsp3) is 0.533. The zero-order valence-electron chi connectivity index (χ0n) is 11.6. The smallest absolute Gasteiger partial charge is 0.233 e. The summed E-state index contributed by atoms with van der Waals surface area (Å²) in [7, 11) is 1.66. The Balaban J connectivity index is 1.79. The third kappa shape index (κ3) is 4.24. The molecule has 4 nitrogen and oxygen atoms in total. The molecule has 0 radical (unpaired) electrons. The van der Waals surface area contributed by atoms with Crippen molar-refractivity contribution in [1.82, 2.24) is 10.6 Å². The Kier molecular flexibility index (Phi) is 4.80. The maximum absolute atomic E-state index is 11.7. The molecule has 1 aromatic carbocycles. The highest BCUT2D eigenvalue weighted by Crippen LogP contribution is 2.27. The molecule has 0 saturated heterocycles. The molecule has 104 valence electrons. The number of hydrogen-bond donors (Lipinski definition) is 2. The van der Waals surface area contributed by atoms with E-state index in [1.807, 2.05) is 31.2 Å². The van der Waals surface area contributed by atoms with Crippen LogP contribution in [0.25, 0.3) is 0 Å². The number of benzene rings is 1. The topological polar surface area (TPSA) is 50.4 Å². The van der Waals surface area contributed by atoms with Crippen molar-refractivity contribution in [1.29, 1.82) is 0 Å². The van der Waals surface area contributed by atoms with Gasteiger partial charge in [0.1, 0.15) is 5.75 Å². The molecule has 1 amide bonds. The lowest BCUT2D eigenvalue weighted by Crippen LogP contribution is -2.36. The first-order chi connectivity index (χ1) is 9.20. The van der Waals surface area contributed by atoms with Gasteiger partial charge in [0.2, 0.25) is 5.91 Å². The molecule has 2 rings (SSSR count). The highest BCUT2D eigenvalue weighted by molar-refractivity contribution is 5.78. The second kappa shape index (κ2) is 6.57. The van der Waals surface area contributed by atoms with E-state index in [2.05, 4.69) is 10.6 Å². The van der Waals surface area contributed by atoms with Crippen molar-refractivity contribution in [2.75, 3.05) is 20.2 Å². The maximum atomic E-state index is 11.7. The predicted molar refractivity (Wildman–Crippen MR) is 75.1 cm³/mol. The lowest BCUT2D eigenvalue weighted by atomic mass is 10.1. The Morgan fingerprint density at radius 2 is 2.16 bits per heavy atom. The van der Waals surface area contributed by atoms with Gasteiger partial charge < -0.3 is 15.4 Å². The number of carbonyl (C=O) groups excluding carboxylic acids is 1. The second-order valence-corrected chi connectivity index (χ2v) is 5.09. The molecule has 0 aliphatic heterocycles. The molecular formula is C15H22N2O2. The van der Waals surface area contributed by atoms with Crippen molar-refractivity contribution < 1.29 is 9.53 Å². The summed E-state index contributed by atoms with van der Waals surface area (Å²) in [5, 5.41) is 6.17. The largest absolute Gasteiger partial charge is 0.496 e. The van der Waals surface area contributed by atoms with Gasteiger partial charge in [0, 0.05) is 18.2 Å². The normalized spacial score (nSPS) is 15.9. The van der Waals surface area contributed by atoms with Crippen molar-refractivity contribution in [3.63, 3.8) is 0 Å². The van der Waals surface area contributed by atoms with E-state index in [1.54, 1.807) is 7.11 Å². The minimum atomic E-state index is 0.0636. The first-order valence-corrected chi connectivity index (χ1v) is 6.83. The van der Waals surface area contributed by atoms with Crippen LogP contribution < -0.4 is 15.4 Å². The molecule has 0 aromatic heterocycles. The van der Waals surface area contributed by atoms with Gasteiger partial charge in [-0.15, -0.1) is 0 Å². The maximum Gasteiger partial charge on any atom is 0.233 e. The van der Waals surface area contributed by atoms with Crippen LogP contribution in [-0.4, -0.2) is 26.1 Å². The molecule has 1 aliphatic carbocycles. The SMILES string of the molecule is COc1ccccc1[C@@H](C)NCC(=O)NCC1CC1. The molecule has 0 spiro atoms. The van der Waals surface area contributed by atoms with E-state index in [0.29, 0.717) is 6.54 Å². The van der Waals surface area contributed by atoms with Crippen LogP contribution in [0.3, 0.4) is 0 Å². The van der Waals surface area contributed by atoms with Crippen LogP contribution >= 0.6 is 0 Å². The molecule has 19 heavy (non-hydrogen) atoms. The summed E-state index contributed by atoms with van der Waals surface area (Å²) in [5.74, 6) is 1.63. The lowest BCUT2D eigenvalue weighted by Gasteiger charge is -2.17. The van der Waals surface area contributed by atoms with E-state index in [-0.39, 0.29) is 11.9 Å². The number of carbonyl (C=O) groups is 1. The Hall–Kier alpha value is -1.55. The number of hydrogen-bond acceptors (Lipinski definition) is 3. The van der Waals surface area contributed by atoms with E-state index in [4.69, 9.17) is 4.74 Å². The van der Waals surface area contributed by atoms with Gasteiger partial charge in [0.05, 0.1) is 13.7 Å². The van der Waals surface area contributed by atoms with E-state index in [1.165, 1.54) is 12.8 Å². The summed E-state index contributed by atoms with van der Waals surface area (Å²) in [6.45, 7) is 3.20. The summed E-state index contributed by atoms with van der Waals surface area (Å²) >= 11 is 0. The summed E-state index contributed by atoms with van der Waals surface area (Å²) in [6, 6.07) is 7.95. The van der Waals surface area contributed by atoms with Gasteiger partial charge in [-0.1, -0.05) is 18.2 Å². The standard InChI is InChI=1S/C15H22N2O2/c1-11(13-5-3-4-6-14(13)19-2)16-10-15(18)17-9-12-7-8-12/h3-6,11-12,16H,7-10H2,1-2H3,(H,17,18)/t11-/m1/s1. The van der Waals surface area contributed by atoms with Crippen molar-refractivity contribution in [2.24, 2.45) is 5.92 Å². The third-order valence-electron chi connectivity index (χ3n) is 3.46. The fourth-order valence-corrected chi connectivity index (χ4v) is 2.02. The lowest BCUT2D eigenvalue weighted by molar-refractivity contribution is -0.120. The monoisotopic (exact) mass is 262 g/mol. The van der Waals surface area contributed by atoms with Crippen molar-refractivity contribution >= 4 is 5.91 Å². The Labute approximate surface area is 114 Å². The molecule has 1 saturated carbocycles. The quantitative estimate of drug-likeness (QED) is 0.788. The minimum absolute atomic E-state index is 0.0636. The first-order valence-electron chi connectivity index (χ1n) is 6.83. The van der Waals surface area contributed by atoms with Crippen LogP contribution in [0, 0.1) is 5.92 Å². The Morgan fingerprint density at radius 1 is 1.42 bits per heavy atom. The van der Waals surface area contributed by atoms with Crippen LogP contribution in [0.2, 0.25) is 0 Å². The molecule has 0 unspecified atom stereocenters. The van der Waals surface area contributed by atoms with Crippen molar-refractivity contribution in [3.8, 4) is 5.75 Å². The van der Waals surface area contributed by atoms with E-state index in [9.17, 15) is 4.79 Å². The van der Waals surface area contributed by atoms with E-state index in [0.717, 1.165) is 23.8 Å². The molecule has 0 bridgehead atoms. The molecule has 4 heteroatoms. The van der Waals surface area contributed by atoms with Crippen LogP contribution in [0.5, 0.6) is 5.75 Å². The number of amides is 1. The molecule has 1 aromatic rings. The fourth-order valence-electron chi connectivity index (χ4n) is 2.02. The second-order valence-electron chi connectivity index (χ2n) is 5.09. The van der Waals surface area contributed by atoms with Gasteiger partial charge in [-0.2, -0.15) is 0 Å². The van der Waals surface area contributed by atoms with E-state index >= 15 is 0 Å². The zero-order valence-corrected chi connectivity index (χ0v) is 11.6. The number of ether oxygens (including phenoxy) is 1. The van der Waals surface area contributed by atoms with Crippen LogP contribution in [0.1, 0.15) is 31.4 Å². The Bertz CT molecular complexity index is 430. The summed E-state index contributed by atoms with van der Waals surface area (Å²) in [5.41, 5.74) is 1.07. The average molecular weight is 262 g/mol. The van der Waals surface area contributed by atoms with Crippen molar-refractivity contribution in [3.05, 3.63) is 29.8 Å². The number of nitrogens with one attached hydrogen (secondary N) is 2. The Morgan fingerprint density at radius 3 is 2.84 bits per heavy atom. The number of para-hydroxylation sites is 1. The van der Waals surface area contributed by atoms with Crippen LogP contribution in [0.15, 0.2) is 24.3 Å². The third-order valence-corrected chi connectivity index (χ3v) is 3.46. The molecule has 0 heterocycles. The summed E-state index contributed by atoms with van der Waals surface area (Å²) in [6.07, 6.45) is 2.51. The molecular weight excluding hydrogens is 240 g/mol. The minimum Gasteiger partial charge on any atom is -0.496 e. The van der Waals surface area contributed by atoms with Gasteiger partial charge >= 0.3 is 0 Å². The summed E-state index contributed by atoms with van der Waals surface area (Å²) < 4.78 is 5.32. The van der Waals surface area contributed by atoms with Gasteiger partial charge in [-0.05, 0) is 31.7 Å². The molecule has 1 aliphatic rings. The highest BCUT2D eigenvalue weighted by Gasteiger charge is 2.21. The highest BCUT2D eigenvalue weighted by atomic mass is 16.5.